The lowest BCUT2D eigenvalue weighted by atomic mass is 10.2. The molecule has 3 heterocycles. The molecule has 0 radical (unpaired) electrons. The zero-order valence-electron chi connectivity index (χ0n) is 21.3. The number of benzene rings is 2. The Labute approximate surface area is 238 Å². The number of aromatic nitrogens is 4. The lowest BCUT2D eigenvalue weighted by Crippen LogP contribution is -2.49. The van der Waals surface area contributed by atoms with Crippen LogP contribution in [0.2, 0.25) is 15.1 Å². The van der Waals surface area contributed by atoms with E-state index in [0.717, 1.165) is 10.1 Å². The van der Waals surface area contributed by atoms with Gasteiger partial charge >= 0.3 is 5.69 Å². The first-order chi connectivity index (χ1) is 18.6. The molecule has 204 valence electrons. The van der Waals surface area contributed by atoms with Gasteiger partial charge in [0.05, 0.1) is 23.1 Å². The predicted octanol–water partition coefficient (Wildman–Crippen LogP) is 3.20. The minimum absolute atomic E-state index is 0.157. The molecule has 0 aliphatic carbocycles. The molecule has 2 aromatic carbocycles. The number of halogens is 3. The highest BCUT2D eigenvalue weighted by molar-refractivity contribution is 6.42. The summed E-state index contributed by atoms with van der Waals surface area (Å²) in [6.07, 6.45) is 0. The highest BCUT2D eigenvalue weighted by Gasteiger charge is 2.26. The molecule has 4 aromatic rings. The minimum Gasteiger partial charge on any atom is -0.340 e. The van der Waals surface area contributed by atoms with Crippen molar-refractivity contribution in [3.05, 3.63) is 83.9 Å². The smallest absolute Gasteiger partial charge is 0.332 e. The lowest BCUT2D eigenvalue weighted by molar-refractivity contribution is -0.117. The van der Waals surface area contributed by atoms with E-state index in [0.29, 0.717) is 70.6 Å². The molecule has 1 aliphatic rings. The van der Waals surface area contributed by atoms with E-state index in [1.165, 1.54) is 11.6 Å². The van der Waals surface area contributed by atoms with Gasteiger partial charge in [0.2, 0.25) is 11.9 Å². The number of fused-ring (bicyclic) bond motifs is 1. The fourth-order valence-electron chi connectivity index (χ4n) is 4.68. The molecule has 0 spiro atoms. The monoisotopic (exact) mass is 589 g/mol. The fraction of sp³-hybridized carbons (Fsp3) is 0.308. The first kappa shape index (κ1) is 27.3. The van der Waals surface area contributed by atoms with E-state index < -0.39 is 11.2 Å². The summed E-state index contributed by atoms with van der Waals surface area (Å²) in [5.74, 6) is 0.438. The van der Waals surface area contributed by atoms with Crippen LogP contribution in [0, 0.1) is 0 Å². The summed E-state index contributed by atoms with van der Waals surface area (Å²) >= 11 is 18.1. The van der Waals surface area contributed by atoms with Crippen LogP contribution < -0.4 is 21.5 Å². The van der Waals surface area contributed by atoms with Gasteiger partial charge in [-0.2, -0.15) is 4.98 Å². The number of nitrogens with one attached hydrogen (secondary N) is 1. The van der Waals surface area contributed by atoms with Crippen molar-refractivity contribution in [3.8, 4) is 0 Å². The van der Waals surface area contributed by atoms with E-state index in [9.17, 15) is 14.4 Å². The van der Waals surface area contributed by atoms with E-state index in [4.69, 9.17) is 39.8 Å². The van der Waals surface area contributed by atoms with E-state index in [1.54, 1.807) is 37.4 Å². The summed E-state index contributed by atoms with van der Waals surface area (Å²) in [6.45, 7) is 2.97. The highest BCUT2D eigenvalue weighted by atomic mass is 35.5. The molecule has 1 aliphatic heterocycles. The molecule has 1 amide bonds. The standard InChI is InChI=1S/C26H26Cl3N7O3/c1-32-23-22(24(38)33(2)26(32)39)36(14-16-3-5-17(27)6-4-16)25(31-23)35-11-9-34(10-12-35)15-21(37)30-18-7-8-19(28)20(29)13-18/h3-8,13H,9-12,14-15H2,1-2H3,(H,30,37). The van der Waals surface area contributed by atoms with Gasteiger partial charge < -0.3 is 10.2 Å². The van der Waals surface area contributed by atoms with Crippen LogP contribution in [-0.2, 0) is 25.4 Å². The second-order valence-corrected chi connectivity index (χ2v) is 10.7. The van der Waals surface area contributed by atoms with E-state index in [2.05, 4.69) is 10.2 Å². The number of amides is 1. The van der Waals surface area contributed by atoms with E-state index in [1.807, 2.05) is 21.6 Å². The third kappa shape index (κ3) is 5.56. The van der Waals surface area contributed by atoms with Gasteiger partial charge in [-0.3, -0.25) is 28.2 Å². The Morgan fingerprint density at radius 1 is 0.923 bits per heavy atom. The van der Waals surface area contributed by atoms with Crippen LogP contribution in [0.3, 0.4) is 0 Å². The number of nitrogens with zero attached hydrogens (tertiary/aromatic N) is 6. The number of carbonyl (C=O) groups excluding carboxylic acids is 1. The fourth-order valence-corrected chi connectivity index (χ4v) is 5.11. The molecule has 1 fully saturated rings. The summed E-state index contributed by atoms with van der Waals surface area (Å²) in [5, 5.41) is 4.26. The number of hydrogen-bond acceptors (Lipinski definition) is 6. The zero-order valence-corrected chi connectivity index (χ0v) is 23.6. The molecule has 0 unspecified atom stereocenters. The van der Waals surface area contributed by atoms with Crippen LogP contribution in [0.4, 0.5) is 11.6 Å². The number of imidazole rings is 1. The topological polar surface area (TPSA) is 97.4 Å². The van der Waals surface area contributed by atoms with Crippen LogP contribution in [0.1, 0.15) is 5.56 Å². The van der Waals surface area contributed by atoms with Gasteiger partial charge in [0.1, 0.15) is 0 Å². The number of anilines is 2. The Kier molecular flexibility index (Phi) is 7.73. The minimum atomic E-state index is -0.437. The van der Waals surface area contributed by atoms with Crippen molar-refractivity contribution in [2.75, 3.05) is 42.9 Å². The molecule has 1 N–H and O–H groups in total. The quantitative estimate of drug-likeness (QED) is 0.371. The van der Waals surface area contributed by atoms with Gasteiger partial charge in [0, 0.05) is 51.0 Å². The lowest BCUT2D eigenvalue weighted by Gasteiger charge is -2.35. The van der Waals surface area contributed by atoms with Crippen molar-refractivity contribution in [2.24, 2.45) is 14.1 Å². The van der Waals surface area contributed by atoms with Gasteiger partial charge in [0.15, 0.2) is 11.2 Å². The summed E-state index contributed by atoms with van der Waals surface area (Å²) in [4.78, 5) is 47.3. The normalized spacial score (nSPS) is 14.2. The third-order valence-electron chi connectivity index (χ3n) is 6.81. The molecule has 0 saturated carbocycles. The van der Waals surface area contributed by atoms with E-state index >= 15 is 0 Å². The number of carbonyl (C=O) groups is 1. The van der Waals surface area contributed by atoms with Gasteiger partial charge in [-0.25, -0.2) is 4.79 Å². The van der Waals surface area contributed by atoms with Crippen LogP contribution in [0.15, 0.2) is 52.1 Å². The van der Waals surface area contributed by atoms with Crippen molar-refractivity contribution >= 4 is 63.5 Å². The average molecular weight is 591 g/mol. The highest BCUT2D eigenvalue weighted by Crippen LogP contribution is 2.26. The zero-order chi connectivity index (χ0) is 27.8. The maximum atomic E-state index is 13.2. The van der Waals surface area contributed by atoms with Crippen molar-refractivity contribution in [1.82, 2.24) is 23.6 Å². The van der Waals surface area contributed by atoms with E-state index in [-0.39, 0.29) is 12.5 Å². The Hall–Kier alpha value is -3.31. The first-order valence-electron chi connectivity index (χ1n) is 12.3. The Bertz CT molecular complexity index is 1670. The van der Waals surface area contributed by atoms with Crippen molar-refractivity contribution in [1.29, 1.82) is 0 Å². The Balaban J connectivity index is 1.37. The van der Waals surface area contributed by atoms with Crippen LogP contribution in [0.5, 0.6) is 0 Å². The molecule has 0 atom stereocenters. The van der Waals surface area contributed by atoms with Gasteiger partial charge in [-0.1, -0.05) is 46.9 Å². The molecule has 0 bridgehead atoms. The molecule has 1 saturated heterocycles. The second kappa shape index (κ2) is 11.1. The van der Waals surface area contributed by atoms with Gasteiger partial charge in [-0.05, 0) is 35.9 Å². The van der Waals surface area contributed by atoms with Crippen molar-refractivity contribution in [2.45, 2.75) is 6.54 Å². The van der Waals surface area contributed by atoms with Crippen LogP contribution >= 0.6 is 34.8 Å². The summed E-state index contributed by atoms with van der Waals surface area (Å²) in [6, 6.07) is 12.3. The maximum Gasteiger partial charge on any atom is 0.332 e. The van der Waals surface area contributed by atoms with Crippen molar-refractivity contribution < 1.29 is 4.79 Å². The second-order valence-electron chi connectivity index (χ2n) is 9.44. The molecule has 13 heteroatoms. The summed E-state index contributed by atoms with van der Waals surface area (Å²) in [7, 11) is 3.07. The first-order valence-corrected chi connectivity index (χ1v) is 13.4. The largest absolute Gasteiger partial charge is 0.340 e. The molecule has 10 nitrogen and oxygen atoms in total. The number of hydrogen-bond donors (Lipinski definition) is 1. The molecule has 39 heavy (non-hydrogen) atoms. The Morgan fingerprint density at radius 2 is 1.62 bits per heavy atom. The molecular formula is C26H26Cl3N7O3. The number of rotatable bonds is 6. The Morgan fingerprint density at radius 3 is 2.28 bits per heavy atom. The van der Waals surface area contributed by atoms with Gasteiger partial charge in [-0.15, -0.1) is 0 Å². The number of piperazine rings is 1. The van der Waals surface area contributed by atoms with Crippen LogP contribution in [0.25, 0.3) is 11.2 Å². The number of aryl methyl sites for hydroxylation is 1. The molecular weight excluding hydrogens is 565 g/mol. The van der Waals surface area contributed by atoms with Crippen LogP contribution in [-0.4, -0.2) is 62.2 Å². The third-order valence-corrected chi connectivity index (χ3v) is 7.80. The molecule has 5 rings (SSSR count). The average Bonchev–Trinajstić information content (AvgIpc) is 3.29. The molecule has 2 aromatic heterocycles. The van der Waals surface area contributed by atoms with Crippen molar-refractivity contribution in [3.63, 3.8) is 0 Å². The summed E-state index contributed by atoms with van der Waals surface area (Å²) in [5.41, 5.74) is 1.36. The predicted molar refractivity (Wildman–Crippen MR) is 155 cm³/mol. The van der Waals surface area contributed by atoms with Gasteiger partial charge in [0.25, 0.3) is 5.56 Å². The maximum absolute atomic E-state index is 13.2. The summed E-state index contributed by atoms with van der Waals surface area (Å²) < 4.78 is 4.34. The SMILES string of the molecule is Cn1c(=O)c2c(nc(N3CCN(CC(=O)Nc4ccc(Cl)c(Cl)c4)CC3)n2Cc2ccc(Cl)cc2)n(C)c1=O.